The Hall–Kier alpha value is -0.630. The van der Waals surface area contributed by atoms with Gasteiger partial charge < -0.3 is 10.5 Å². The standard InChI is InChI=1S/C10H12ClN3O2S2/c1-14-9(12)13-10(8-6(11)2-3-17-8)5-16-4-7(10)18(14)15/h2-3,7H,4-5H2,1H3,(H2,12,13). The fraction of sp³-hybridized carbons (Fsp3) is 0.500. The highest BCUT2D eigenvalue weighted by molar-refractivity contribution is 7.84. The predicted octanol–water partition coefficient (Wildman–Crippen LogP) is 0.919. The second kappa shape index (κ2) is 4.19. The van der Waals surface area contributed by atoms with E-state index in [1.807, 2.05) is 11.4 Å². The van der Waals surface area contributed by atoms with E-state index in [0.29, 0.717) is 18.2 Å². The molecule has 0 saturated carbocycles. The molecular weight excluding hydrogens is 294 g/mol. The van der Waals surface area contributed by atoms with Gasteiger partial charge in [0.1, 0.15) is 21.8 Å². The van der Waals surface area contributed by atoms with Crippen LogP contribution >= 0.6 is 22.9 Å². The number of thiophene rings is 1. The minimum Gasteiger partial charge on any atom is -0.377 e. The van der Waals surface area contributed by atoms with Crippen molar-refractivity contribution in [1.82, 2.24) is 4.31 Å². The zero-order valence-electron chi connectivity index (χ0n) is 9.63. The molecule has 2 aliphatic heterocycles. The first-order chi connectivity index (χ1) is 8.56. The summed E-state index contributed by atoms with van der Waals surface area (Å²) in [6.45, 7) is 0.778. The predicted molar refractivity (Wildman–Crippen MR) is 73.1 cm³/mol. The monoisotopic (exact) mass is 305 g/mol. The van der Waals surface area contributed by atoms with E-state index >= 15 is 0 Å². The molecule has 0 radical (unpaired) electrons. The number of halogens is 1. The number of aliphatic imine (C=N–C) groups is 1. The van der Waals surface area contributed by atoms with E-state index in [9.17, 15) is 4.21 Å². The molecule has 0 amide bonds. The Bertz CT molecular complexity index is 547. The molecule has 1 saturated heterocycles. The zero-order valence-corrected chi connectivity index (χ0v) is 12.0. The van der Waals surface area contributed by atoms with Crippen LogP contribution in [0.2, 0.25) is 5.02 Å². The van der Waals surface area contributed by atoms with Gasteiger partial charge in [-0.3, -0.25) is 4.31 Å². The average molecular weight is 306 g/mol. The van der Waals surface area contributed by atoms with Crippen molar-refractivity contribution in [2.24, 2.45) is 10.7 Å². The Labute approximate surface area is 116 Å². The van der Waals surface area contributed by atoms with Crippen molar-refractivity contribution in [2.45, 2.75) is 10.8 Å². The maximum absolute atomic E-state index is 12.4. The number of guanidine groups is 1. The number of ether oxygens (including phenoxy) is 1. The summed E-state index contributed by atoms with van der Waals surface area (Å²) in [6, 6.07) is 1.82. The summed E-state index contributed by atoms with van der Waals surface area (Å²) in [5.41, 5.74) is 5.17. The lowest BCUT2D eigenvalue weighted by Gasteiger charge is -2.36. The molecule has 18 heavy (non-hydrogen) atoms. The Morgan fingerprint density at radius 1 is 1.78 bits per heavy atom. The normalized spacial score (nSPS) is 35.4. The molecule has 5 nitrogen and oxygen atoms in total. The van der Waals surface area contributed by atoms with Crippen LogP contribution < -0.4 is 5.73 Å². The fourth-order valence-corrected chi connectivity index (χ4v) is 5.18. The van der Waals surface area contributed by atoms with Gasteiger partial charge in [0.25, 0.3) is 0 Å². The first-order valence-corrected chi connectivity index (χ1v) is 7.80. The Morgan fingerprint density at radius 2 is 2.56 bits per heavy atom. The summed E-state index contributed by atoms with van der Waals surface area (Å²) >= 11 is 7.70. The van der Waals surface area contributed by atoms with Crippen LogP contribution in [0.25, 0.3) is 0 Å². The summed E-state index contributed by atoms with van der Waals surface area (Å²) in [6.07, 6.45) is 0. The van der Waals surface area contributed by atoms with E-state index in [0.717, 1.165) is 4.88 Å². The van der Waals surface area contributed by atoms with E-state index in [-0.39, 0.29) is 11.2 Å². The highest BCUT2D eigenvalue weighted by Crippen LogP contribution is 2.45. The molecule has 2 aliphatic rings. The third kappa shape index (κ3) is 1.54. The summed E-state index contributed by atoms with van der Waals surface area (Å²) < 4.78 is 19.4. The quantitative estimate of drug-likeness (QED) is 0.839. The summed E-state index contributed by atoms with van der Waals surface area (Å²) in [7, 11) is 0.422. The van der Waals surface area contributed by atoms with Crippen molar-refractivity contribution >= 4 is 39.9 Å². The summed E-state index contributed by atoms with van der Waals surface area (Å²) in [5.74, 6) is 0.263. The Kier molecular flexibility index (Phi) is 2.89. The second-order valence-corrected chi connectivity index (χ2v) is 7.26. The van der Waals surface area contributed by atoms with Gasteiger partial charge in [-0.15, -0.1) is 11.3 Å². The third-order valence-electron chi connectivity index (χ3n) is 3.28. The molecule has 1 fully saturated rings. The molecular formula is C10H12ClN3O2S2. The molecule has 0 aliphatic carbocycles. The Balaban J connectivity index is 2.19. The highest BCUT2D eigenvalue weighted by Gasteiger charge is 2.54. The minimum absolute atomic E-state index is 0.231. The maximum atomic E-state index is 12.4. The molecule has 1 aromatic rings. The van der Waals surface area contributed by atoms with Gasteiger partial charge in [0.15, 0.2) is 0 Å². The van der Waals surface area contributed by atoms with Crippen LogP contribution in [-0.2, 0) is 21.3 Å². The van der Waals surface area contributed by atoms with Gasteiger partial charge in [0.05, 0.1) is 23.1 Å². The van der Waals surface area contributed by atoms with Gasteiger partial charge in [0, 0.05) is 7.05 Å². The van der Waals surface area contributed by atoms with Crippen molar-refractivity contribution < 1.29 is 8.95 Å². The van der Waals surface area contributed by atoms with E-state index in [4.69, 9.17) is 22.1 Å². The van der Waals surface area contributed by atoms with Crippen LogP contribution in [-0.4, -0.2) is 40.0 Å². The number of rotatable bonds is 1. The molecule has 3 atom stereocenters. The van der Waals surface area contributed by atoms with Gasteiger partial charge in [-0.2, -0.15) is 0 Å². The number of nitrogens with zero attached hydrogens (tertiary/aromatic N) is 2. The average Bonchev–Trinajstić information content (AvgIpc) is 2.93. The molecule has 0 spiro atoms. The maximum Gasteiger partial charge on any atom is 0.204 e. The van der Waals surface area contributed by atoms with Crippen molar-refractivity contribution in [3.8, 4) is 0 Å². The molecule has 1 aromatic heterocycles. The molecule has 3 rings (SSSR count). The summed E-state index contributed by atoms with van der Waals surface area (Å²) in [4.78, 5) is 5.42. The van der Waals surface area contributed by atoms with E-state index in [1.54, 1.807) is 7.05 Å². The van der Waals surface area contributed by atoms with Crippen molar-refractivity contribution in [3.05, 3.63) is 21.3 Å². The van der Waals surface area contributed by atoms with E-state index in [1.165, 1.54) is 15.6 Å². The molecule has 0 bridgehead atoms. The van der Waals surface area contributed by atoms with Gasteiger partial charge >= 0.3 is 0 Å². The van der Waals surface area contributed by atoms with E-state index in [2.05, 4.69) is 4.99 Å². The molecule has 3 heterocycles. The number of hydrogen-bond donors (Lipinski definition) is 1. The highest BCUT2D eigenvalue weighted by atomic mass is 35.5. The molecule has 3 unspecified atom stereocenters. The lowest BCUT2D eigenvalue weighted by atomic mass is 9.96. The molecule has 0 aromatic carbocycles. The molecule has 8 heteroatoms. The first-order valence-electron chi connectivity index (χ1n) is 5.37. The first kappa shape index (κ1) is 12.4. The molecule has 98 valence electrons. The zero-order chi connectivity index (χ0) is 12.9. The second-order valence-electron chi connectivity index (χ2n) is 4.27. The van der Waals surface area contributed by atoms with Crippen LogP contribution in [0.5, 0.6) is 0 Å². The van der Waals surface area contributed by atoms with E-state index < -0.39 is 16.5 Å². The fourth-order valence-electron chi connectivity index (χ4n) is 2.30. The van der Waals surface area contributed by atoms with Crippen molar-refractivity contribution in [2.75, 3.05) is 20.3 Å². The minimum atomic E-state index is -1.25. The lowest BCUT2D eigenvalue weighted by Crippen LogP contribution is -2.53. The van der Waals surface area contributed by atoms with Crippen LogP contribution in [0.4, 0.5) is 0 Å². The third-order valence-corrected chi connectivity index (χ3v) is 6.53. The topological polar surface area (TPSA) is 67.9 Å². The number of nitrogens with two attached hydrogens (primary N) is 1. The van der Waals surface area contributed by atoms with Crippen LogP contribution in [0, 0.1) is 0 Å². The summed E-state index contributed by atoms with van der Waals surface area (Å²) in [5, 5.41) is 2.30. The molecule has 2 N–H and O–H groups in total. The smallest absolute Gasteiger partial charge is 0.204 e. The van der Waals surface area contributed by atoms with Crippen molar-refractivity contribution in [1.29, 1.82) is 0 Å². The van der Waals surface area contributed by atoms with Gasteiger partial charge in [0.2, 0.25) is 5.96 Å². The SMILES string of the molecule is CN1C(N)=NC2(c3sccc3Cl)COCC2S1=O. The number of fused-ring (bicyclic) bond motifs is 1. The van der Waals surface area contributed by atoms with Crippen LogP contribution in [0.3, 0.4) is 0 Å². The number of hydrogen-bond acceptors (Lipinski definition) is 5. The van der Waals surface area contributed by atoms with Gasteiger partial charge in [-0.1, -0.05) is 11.6 Å². The largest absolute Gasteiger partial charge is 0.377 e. The van der Waals surface area contributed by atoms with Crippen molar-refractivity contribution in [3.63, 3.8) is 0 Å². The van der Waals surface area contributed by atoms with Gasteiger partial charge in [-0.05, 0) is 11.4 Å². The lowest BCUT2D eigenvalue weighted by molar-refractivity contribution is 0.180. The Morgan fingerprint density at radius 3 is 3.22 bits per heavy atom. The van der Waals surface area contributed by atoms with Crippen LogP contribution in [0.1, 0.15) is 4.88 Å². The van der Waals surface area contributed by atoms with Crippen LogP contribution in [0.15, 0.2) is 16.4 Å². The van der Waals surface area contributed by atoms with Gasteiger partial charge in [-0.25, -0.2) is 9.20 Å².